The Bertz CT molecular complexity index is 612. The van der Waals surface area contributed by atoms with E-state index in [2.05, 4.69) is 72.2 Å². The zero-order valence-corrected chi connectivity index (χ0v) is 22.8. The van der Waals surface area contributed by atoms with Crippen LogP contribution in [0.3, 0.4) is 0 Å². The summed E-state index contributed by atoms with van der Waals surface area (Å²) in [6, 6.07) is 8.81. The number of hydrogen-bond donors (Lipinski definition) is 0. The van der Waals surface area contributed by atoms with E-state index in [0.29, 0.717) is 0 Å². The predicted molar refractivity (Wildman–Crippen MR) is 114 cm³/mol. The molecule has 0 bridgehead atoms. The van der Waals surface area contributed by atoms with Crippen molar-refractivity contribution in [2.75, 3.05) is 0 Å². The molecular weight excluding hydrogens is 582 g/mol. The summed E-state index contributed by atoms with van der Waals surface area (Å²) < 4.78 is 4.39. The molecule has 2 rings (SSSR count). The molecule has 0 atom stereocenters. The second-order valence-electron chi connectivity index (χ2n) is 7.97. The topological polar surface area (TPSA) is 7.76 Å². The Morgan fingerprint density at radius 1 is 0.552 bits per heavy atom. The summed E-state index contributed by atoms with van der Waals surface area (Å²) in [4.78, 5) is 0. The van der Waals surface area contributed by atoms with E-state index in [0.717, 1.165) is 6.54 Å². The minimum Gasteiger partial charge on any atom is -1.00 e. The van der Waals surface area contributed by atoms with E-state index in [-0.39, 0.29) is 48.0 Å². The van der Waals surface area contributed by atoms with Gasteiger partial charge in [0.2, 0.25) is 0 Å². The average Bonchev–Trinajstić information content (AvgIpc) is 2.70. The summed E-state index contributed by atoms with van der Waals surface area (Å²) in [6.07, 6.45) is 25.6. The Kier molecular flexibility index (Phi) is 18.4. The molecule has 2 aromatic rings. The van der Waals surface area contributed by atoms with Gasteiger partial charge in [-0.15, -0.1) is 0 Å². The van der Waals surface area contributed by atoms with Crippen molar-refractivity contribution < 1.29 is 57.1 Å². The van der Waals surface area contributed by atoms with Crippen molar-refractivity contribution in [1.82, 2.24) is 0 Å². The highest BCUT2D eigenvalue weighted by Gasteiger charge is 2.04. The van der Waals surface area contributed by atoms with Gasteiger partial charge in [0, 0.05) is 30.7 Å². The molecule has 0 unspecified atom stereocenters. The molecule has 0 aliphatic carbocycles. The largest absolute Gasteiger partial charge is 1.00 e. The van der Waals surface area contributed by atoms with Gasteiger partial charge in [-0.3, -0.25) is 0 Å². The van der Waals surface area contributed by atoms with E-state index < -0.39 is 0 Å². The average molecular weight is 622 g/mol. The minimum atomic E-state index is 0. The van der Waals surface area contributed by atoms with Gasteiger partial charge in [-0.1, -0.05) is 71.1 Å². The van der Waals surface area contributed by atoms with Gasteiger partial charge in [-0.25, -0.2) is 9.13 Å². The normalized spacial score (nSPS) is 10.3. The first-order valence-corrected chi connectivity index (χ1v) is 11.2. The van der Waals surface area contributed by atoms with Crippen molar-refractivity contribution in [3.05, 3.63) is 49.1 Å². The number of nitrogens with zero attached hydrogens (tertiary/aromatic N) is 2. The Morgan fingerprint density at radius 3 is 1.38 bits per heavy atom. The van der Waals surface area contributed by atoms with Crippen LogP contribution in [0.1, 0.15) is 84.0 Å². The number of hydrogen-bond acceptors (Lipinski definition) is 0. The van der Waals surface area contributed by atoms with Crippen LogP contribution in [0.5, 0.6) is 0 Å². The number of unbranched alkanes of at least 4 members (excludes halogenated alkanes) is 11. The highest BCUT2D eigenvalue weighted by Crippen LogP contribution is 2.15. The van der Waals surface area contributed by atoms with E-state index in [1.807, 2.05) is 0 Å². The number of rotatable bonds is 14. The van der Waals surface area contributed by atoms with Crippen LogP contribution in [0, 0.1) is 0 Å². The van der Waals surface area contributed by atoms with Gasteiger partial charge in [-0.2, -0.15) is 0 Å². The summed E-state index contributed by atoms with van der Waals surface area (Å²) in [7, 11) is 2.05. The fraction of sp³-hybridized carbons (Fsp3) is 0.600. The van der Waals surface area contributed by atoms with Gasteiger partial charge in [0.25, 0.3) is 0 Å². The molecule has 0 spiro atoms. The monoisotopic (exact) mass is 622 g/mol. The van der Waals surface area contributed by atoms with Crippen LogP contribution in [-0.2, 0) is 13.6 Å². The lowest BCUT2D eigenvalue weighted by Gasteiger charge is -2.03. The van der Waals surface area contributed by atoms with E-state index in [1.54, 1.807) is 0 Å². The van der Waals surface area contributed by atoms with Crippen LogP contribution < -0.4 is 57.1 Å². The van der Waals surface area contributed by atoms with Crippen molar-refractivity contribution in [3.8, 4) is 11.1 Å². The van der Waals surface area contributed by atoms with Gasteiger partial charge < -0.3 is 48.0 Å². The molecule has 0 N–H and O–H groups in total. The molecule has 0 saturated carbocycles. The molecule has 2 aromatic heterocycles. The smallest absolute Gasteiger partial charge is 0.169 e. The van der Waals surface area contributed by atoms with E-state index in [4.69, 9.17) is 0 Å². The minimum absolute atomic E-state index is 0. The van der Waals surface area contributed by atoms with Gasteiger partial charge in [-0.05, 0) is 17.5 Å². The molecule has 4 heteroatoms. The third kappa shape index (κ3) is 12.9. The first-order valence-electron chi connectivity index (χ1n) is 11.2. The van der Waals surface area contributed by atoms with Crippen molar-refractivity contribution in [2.24, 2.45) is 7.05 Å². The third-order valence-corrected chi connectivity index (χ3v) is 5.47. The SMILES string of the molecule is CCCCCCCCCCCCCC[n+]1ccc(-c2cc[n+](C)cc2)cc1.[I-].[I-]. The fourth-order valence-electron chi connectivity index (χ4n) is 3.63. The van der Waals surface area contributed by atoms with Crippen LogP contribution >= 0.6 is 0 Å². The van der Waals surface area contributed by atoms with Crippen LogP contribution in [0.15, 0.2) is 49.1 Å². The summed E-state index contributed by atoms with van der Waals surface area (Å²) in [5.41, 5.74) is 2.58. The molecule has 0 saturated heterocycles. The van der Waals surface area contributed by atoms with Gasteiger partial charge >= 0.3 is 0 Å². The molecular formula is C25H40I2N2. The zero-order chi connectivity index (χ0) is 19.2. The van der Waals surface area contributed by atoms with Crippen LogP contribution in [0.4, 0.5) is 0 Å². The summed E-state index contributed by atoms with van der Waals surface area (Å²) in [6.45, 7) is 3.43. The summed E-state index contributed by atoms with van der Waals surface area (Å²) in [5, 5.41) is 0. The number of aryl methyl sites for hydroxylation is 2. The second-order valence-corrected chi connectivity index (χ2v) is 7.97. The van der Waals surface area contributed by atoms with Crippen molar-refractivity contribution >= 4 is 0 Å². The molecule has 0 aliphatic heterocycles. The van der Waals surface area contributed by atoms with Crippen LogP contribution in [0.2, 0.25) is 0 Å². The molecule has 0 fully saturated rings. The molecule has 0 radical (unpaired) electrons. The Labute approximate surface area is 213 Å². The Hall–Kier alpha value is -0.240. The summed E-state index contributed by atoms with van der Waals surface area (Å²) >= 11 is 0. The zero-order valence-electron chi connectivity index (χ0n) is 18.5. The maximum absolute atomic E-state index is 2.32. The highest BCUT2D eigenvalue weighted by molar-refractivity contribution is 5.60. The molecule has 2 nitrogen and oxygen atoms in total. The molecule has 164 valence electrons. The van der Waals surface area contributed by atoms with Crippen molar-refractivity contribution in [3.63, 3.8) is 0 Å². The maximum atomic E-state index is 2.32. The predicted octanol–water partition coefficient (Wildman–Crippen LogP) is 0.175. The molecule has 0 aromatic carbocycles. The maximum Gasteiger partial charge on any atom is 0.169 e. The van der Waals surface area contributed by atoms with Crippen molar-refractivity contribution in [2.45, 2.75) is 90.5 Å². The summed E-state index contributed by atoms with van der Waals surface area (Å²) in [5.74, 6) is 0. The quantitative estimate of drug-likeness (QED) is 0.162. The number of pyridine rings is 2. The van der Waals surface area contributed by atoms with Gasteiger partial charge in [0.15, 0.2) is 24.8 Å². The number of halogens is 2. The van der Waals surface area contributed by atoms with E-state index >= 15 is 0 Å². The van der Waals surface area contributed by atoms with Gasteiger partial charge in [0.1, 0.15) is 13.6 Å². The van der Waals surface area contributed by atoms with E-state index in [9.17, 15) is 0 Å². The lowest BCUT2D eigenvalue weighted by molar-refractivity contribution is -0.697. The first-order chi connectivity index (χ1) is 13.3. The molecule has 0 aliphatic rings. The van der Waals surface area contributed by atoms with Crippen LogP contribution in [-0.4, -0.2) is 0 Å². The third-order valence-electron chi connectivity index (χ3n) is 5.47. The van der Waals surface area contributed by atoms with Gasteiger partial charge in [0.05, 0.1) is 0 Å². The fourth-order valence-corrected chi connectivity index (χ4v) is 3.63. The Balaban J connectivity index is 0.00000392. The molecule has 2 heterocycles. The molecule has 29 heavy (non-hydrogen) atoms. The van der Waals surface area contributed by atoms with E-state index in [1.165, 1.54) is 88.2 Å². The van der Waals surface area contributed by atoms with Crippen molar-refractivity contribution in [1.29, 1.82) is 0 Å². The van der Waals surface area contributed by atoms with Crippen LogP contribution in [0.25, 0.3) is 11.1 Å². The standard InChI is InChI=1S/C25H40N2.2HI/c1-3-4-5-6-7-8-9-10-11-12-13-14-19-27-22-17-25(18-23-27)24-15-20-26(2)21-16-24;;/h15-18,20-23H,3-14,19H2,1-2H3;2*1H/q+2;;/p-2. The first kappa shape index (κ1) is 28.8. The lowest BCUT2D eigenvalue weighted by Crippen LogP contribution is -3.00. The lowest BCUT2D eigenvalue weighted by atomic mass is 10.1. The Morgan fingerprint density at radius 2 is 0.931 bits per heavy atom. The second kappa shape index (κ2) is 18.5. The highest BCUT2D eigenvalue weighted by atomic mass is 127. The molecule has 0 amide bonds. The number of aromatic nitrogens is 2.